The molecule has 6 nitrogen and oxygen atoms in total. The molecule has 0 bridgehead atoms. The second-order valence-corrected chi connectivity index (χ2v) is 4.31. The predicted octanol–water partition coefficient (Wildman–Crippen LogP) is 0.372. The van der Waals surface area contributed by atoms with Crippen LogP contribution < -0.4 is 10.1 Å². The number of benzene rings is 1. The van der Waals surface area contributed by atoms with Crippen LogP contribution in [-0.2, 0) is 14.3 Å². The summed E-state index contributed by atoms with van der Waals surface area (Å²) in [6.07, 6.45) is 0.418. The van der Waals surface area contributed by atoms with Crippen LogP contribution in [0.25, 0.3) is 0 Å². The fourth-order valence-electron chi connectivity index (χ4n) is 1.94. The Balaban J connectivity index is 2.10. The van der Waals surface area contributed by atoms with E-state index in [4.69, 9.17) is 4.74 Å². The lowest BCUT2D eigenvalue weighted by Crippen LogP contribution is -2.57. The molecule has 0 spiro atoms. The highest BCUT2D eigenvalue weighted by atomic mass is 16.6. The van der Waals surface area contributed by atoms with Crippen molar-refractivity contribution >= 4 is 11.9 Å². The zero-order valence-corrected chi connectivity index (χ0v) is 10.7. The van der Waals surface area contributed by atoms with Crippen molar-refractivity contribution in [2.45, 2.75) is 18.2 Å². The van der Waals surface area contributed by atoms with E-state index < -0.39 is 23.8 Å². The summed E-state index contributed by atoms with van der Waals surface area (Å²) in [6.45, 7) is 3.56. The van der Waals surface area contributed by atoms with Gasteiger partial charge in [-0.1, -0.05) is 24.8 Å². The lowest BCUT2D eigenvalue weighted by atomic mass is 10.1. The number of nitrogens with one attached hydrogen (secondary N) is 1. The Labute approximate surface area is 116 Å². The number of aliphatic hydroxyl groups is 1. The summed E-state index contributed by atoms with van der Waals surface area (Å²) in [7, 11) is 0. The van der Waals surface area contributed by atoms with Gasteiger partial charge in [-0.05, 0) is 12.1 Å². The zero-order valence-electron chi connectivity index (χ0n) is 10.7. The molecule has 0 aromatic heterocycles. The largest absolute Gasteiger partial charge is 0.485 e. The Kier molecular flexibility index (Phi) is 4.16. The minimum absolute atomic E-state index is 0.366. The molecule has 2 atom stereocenters. The van der Waals surface area contributed by atoms with E-state index in [9.17, 15) is 14.7 Å². The molecule has 0 saturated carbocycles. The van der Waals surface area contributed by atoms with Gasteiger partial charge in [0.25, 0.3) is 5.72 Å². The standard InChI is InChI=1S/C14H15NO5/c1-2-12(16)20-13(17)14(18)11(8-9-15-14)19-10-6-4-3-5-7-10/h2-7,11,15,18H,1,8-9H2/t11?,14-/m1/s1. The minimum Gasteiger partial charge on any atom is -0.485 e. The van der Waals surface area contributed by atoms with E-state index in [0.717, 1.165) is 6.08 Å². The molecule has 1 saturated heterocycles. The minimum atomic E-state index is -2.05. The molecule has 2 rings (SSSR count). The second-order valence-electron chi connectivity index (χ2n) is 4.31. The third-order valence-electron chi connectivity index (χ3n) is 2.96. The van der Waals surface area contributed by atoms with Crippen LogP contribution >= 0.6 is 0 Å². The van der Waals surface area contributed by atoms with Gasteiger partial charge in [0.05, 0.1) is 0 Å². The van der Waals surface area contributed by atoms with Gasteiger partial charge >= 0.3 is 11.9 Å². The molecule has 20 heavy (non-hydrogen) atoms. The highest BCUT2D eigenvalue weighted by molar-refractivity contribution is 5.95. The maximum absolute atomic E-state index is 11.9. The lowest BCUT2D eigenvalue weighted by Gasteiger charge is -2.27. The third-order valence-corrected chi connectivity index (χ3v) is 2.96. The summed E-state index contributed by atoms with van der Waals surface area (Å²) < 4.78 is 10.0. The Morgan fingerprint density at radius 2 is 2.10 bits per heavy atom. The number of carbonyl (C=O) groups excluding carboxylic acids is 2. The van der Waals surface area contributed by atoms with Gasteiger partial charge < -0.3 is 14.6 Å². The Hall–Kier alpha value is -2.18. The fraction of sp³-hybridized carbons (Fsp3) is 0.286. The SMILES string of the molecule is C=CC(=O)OC(=O)[C@@]1(O)NCCC1Oc1ccccc1. The fourth-order valence-corrected chi connectivity index (χ4v) is 1.94. The summed E-state index contributed by atoms with van der Waals surface area (Å²) in [5.41, 5.74) is -2.05. The van der Waals surface area contributed by atoms with Crippen LogP contribution in [0.3, 0.4) is 0 Å². The maximum atomic E-state index is 11.9. The summed E-state index contributed by atoms with van der Waals surface area (Å²) in [5.74, 6) is -1.50. The Morgan fingerprint density at radius 1 is 1.40 bits per heavy atom. The van der Waals surface area contributed by atoms with Crippen LogP contribution in [0.5, 0.6) is 5.75 Å². The number of para-hydroxylation sites is 1. The van der Waals surface area contributed by atoms with Gasteiger partial charge in [0.15, 0.2) is 6.10 Å². The number of rotatable bonds is 4. The molecule has 1 unspecified atom stereocenters. The predicted molar refractivity (Wildman–Crippen MR) is 69.7 cm³/mol. The van der Waals surface area contributed by atoms with E-state index in [2.05, 4.69) is 16.6 Å². The summed E-state index contributed by atoms with van der Waals surface area (Å²) in [4.78, 5) is 22.9. The first kappa shape index (κ1) is 14.2. The van der Waals surface area contributed by atoms with Crippen LogP contribution in [-0.4, -0.2) is 35.4 Å². The summed E-state index contributed by atoms with van der Waals surface area (Å²) in [5, 5.41) is 12.9. The molecule has 106 valence electrons. The topological polar surface area (TPSA) is 84.9 Å². The van der Waals surface area contributed by atoms with Gasteiger partial charge in [0.2, 0.25) is 0 Å². The molecule has 1 aliphatic heterocycles. The normalized spacial score (nSPS) is 24.9. The molecule has 1 heterocycles. The van der Waals surface area contributed by atoms with Crippen LogP contribution in [0.4, 0.5) is 0 Å². The number of carbonyl (C=O) groups is 2. The number of hydrogen-bond acceptors (Lipinski definition) is 6. The maximum Gasteiger partial charge on any atom is 0.365 e. The number of ether oxygens (including phenoxy) is 2. The van der Waals surface area contributed by atoms with Gasteiger partial charge in [0.1, 0.15) is 5.75 Å². The van der Waals surface area contributed by atoms with Crippen molar-refractivity contribution in [3.63, 3.8) is 0 Å². The molecular weight excluding hydrogens is 262 g/mol. The van der Waals surface area contributed by atoms with Gasteiger partial charge in [-0.15, -0.1) is 0 Å². The van der Waals surface area contributed by atoms with E-state index in [0.29, 0.717) is 18.7 Å². The third kappa shape index (κ3) is 2.87. The first-order valence-corrected chi connectivity index (χ1v) is 6.14. The summed E-state index contributed by atoms with van der Waals surface area (Å²) in [6, 6.07) is 8.79. The van der Waals surface area contributed by atoms with E-state index in [1.165, 1.54) is 0 Å². The highest BCUT2D eigenvalue weighted by Crippen LogP contribution is 2.24. The first-order chi connectivity index (χ1) is 9.56. The molecule has 6 heteroatoms. The van der Waals surface area contributed by atoms with Gasteiger partial charge in [-0.25, -0.2) is 9.59 Å². The molecule has 1 aromatic rings. The van der Waals surface area contributed by atoms with Crippen molar-refractivity contribution in [1.82, 2.24) is 5.32 Å². The van der Waals surface area contributed by atoms with Gasteiger partial charge in [-0.2, -0.15) is 0 Å². The molecule has 0 amide bonds. The van der Waals surface area contributed by atoms with Crippen molar-refractivity contribution in [2.75, 3.05) is 6.54 Å². The molecule has 2 N–H and O–H groups in total. The van der Waals surface area contributed by atoms with E-state index >= 15 is 0 Å². The monoisotopic (exact) mass is 277 g/mol. The zero-order chi connectivity index (χ0) is 14.6. The average molecular weight is 277 g/mol. The Morgan fingerprint density at radius 3 is 2.75 bits per heavy atom. The molecule has 0 aliphatic carbocycles. The van der Waals surface area contributed by atoms with Crippen LogP contribution in [0.15, 0.2) is 43.0 Å². The second kappa shape index (κ2) is 5.85. The molecule has 0 radical (unpaired) electrons. The van der Waals surface area contributed by atoms with Crippen molar-refractivity contribution < 1.29 is 24.2 Å². The van der Waals surface area contributed by atoms with Crippen molar-refractivity contribution in [2.24, 2.45) is 0 Å². The van der Waals surface area contributed by atoms with Crippen molar-refractivity contribution in [1.29, 1.82) is 0 Å². The van der Waals surface area contributed by atoms with Crippen LogP contribution in [0.2, 0.25) is 0 Å². The number of hydrogen-bond donors (Lipinski definition) is 2. The van der Waals surface area contributed by atoms with E-state index in [1.54, 1.807) is 24.3 Å². The number of esters is 2. The first-order valence-electron chi connectivity index (χ1n) is 6.14. The highest BCUT2D eigenvalue weighted by Gasteiger charge is 2.51. The van der Waals surface area contributed by atoms with Crippen LogP contribution in [0, 0.1) is 0 Å². The molecule has 1 aromatic carbocycles. The molecule has 1 fully saturated rings. The Bertz CT molecular complexity index is 516. The smallest absolute Gasteiger partial charge is 0.365 e. The molecular formula is C14H15NO5. The quantitative estimate of drug-likeness (QED) is 0.470. The average Bonchev–Trinajstić information content (AvgIpc) is 2.82. The van der Waals surface area contributed by atoms with Gasteiger partial charge in [0, 0.05) is 19.0 Å². The van der Waals surface area contributed by atoms with E-state index in [-0.39, 0.29) is 0 Å². The lowest BCUT2D eigenvalue weighted by molar-refractivity contribution is -0.180. The van der Waals surface area contributed by atoms with Gasteiger partial charge in [-0.3, -0.25) is 5.32 Å². The summed E-state index contributed by atoms with van der Waals surface area (Å²) >= 11 is 0. The van der Waals surface area contributed by atoms with E-state index in [1.807, 2.05) is 6.07 Å². The molecule has 1 aliphatic rings. The van der Waals surface area contributed by atoms with Crippen molar-refractivity contribution in [3.05, 3.63) is 43.0 Å². The van der Waals surface area contributed by atoms with Crippen molar-refractivity contribution in [3.8, 4) is 5.75 Å². The van der Waals surface area contributed by atoms with Crippen LogP contribution in [0.1, 0.15) is 6.42 Å².